The number of nitrogens with one attached hydrogen (secondary N) is 1. The fraction of sp³-hybridized carbons (Fsp3) is 0.350. The molecule has 2 aromatic rings. The van der Waals surface area contributed by atoms with Crippen molar-refractivity contribution in [3.63, 3.8) is 0 Å². The highest BCUT2D eigenvalue weighted by Gasteiger charge is 2.28. The summed E-state index contributed by atoms with van der Waals surface area (Å²) >= 11 is 6.18. The van der Waals surface area contributed by atoms with Crippen LogP contribution in [0.4, 0.5) is 0 Å². The van der Waals surface area contributed by atoms with E-state index in [1.165, 1.54) is 22.5 Å². The first kappa shape index (κ1) is 19.9. The summed E-state index contributed by atoms with van der Waals surface area (Å²) in [5.41, 5.74) is 2.27. The minimum atomic E-state index is -3.60. The minimum absolute atomic E-state index is 0.0990. The van der Waals surface area contributed by atoms with Crippen LogP contribution in [-0.2, 0) is 10.0 Å². The van der Waals surface area contributed by atoms with Gasteiger partial charge in [-0.15, -0.1) is 0 Å². The van der Waals surface area contributed by atoms with E-state index >= 15 is 0 Å². The van der Waals surface area contributed by atoms with E-state index < -0.39 is 15.9 Å². The van der Waals surface area contributed by atoms with Crippen LogP contribution in [0.15, 0.2) is 47.4 Å². The highest BCUT2D eigenvalue weighted by Crippen LogP contribution is 2.26. The zero-order valence-corrected chi connectivity index (χ0v) is 17.0. The van der Waals surface area contributed by atoms with Crippen LogP contribution in [0.1, 0.15) is 47.3 Å². The van der Waals surface area contributed by atoms with Crippen molar-refractivity contribution in [3.8, 4) is 0 Å². The number of carbonyl (C=O) groups excluding carboxylic acids is 1. The topological polar surface area (TPSA) is 66.5 Å². The van der Waals surface area contributed by atoms with E-state index in [4.69, 9.17) is 11.6 Å². The zero-order chi connectivity index (χ0) is 19.6. The molecule has 7 heteroatoms. The molecule has 0 aliphatic carbocycles. The number of halogens is 1. The van der Waals surface area contributed by atoms with Crippen LogP contribution in [0.2, 0.25) is 5.02 Å². The Morgan fingerprint density at radius 1 is 1.11 bits per heavy atom. The minimum Gasteiger partial charge on any atom is -0.345 e. The van der Waals surface area contributed by atoms with Crippen molar-refractivity contribution >= 4 is 27.5 Å². The second-order valence-corrected chi connectivity index (χ2v) is 9.20. The molecule has 0 bridgehead atoms. The molecule has 1 aliphatic heterocycles. The number of sulfonamides is 1. The van der Waals surface area contributed by atoms with Crippen LogP contribution >= 0.6 is 11.6 Å². The highest BCUT2D eigenvalue weighted by molar-refractivity contribution is 7.89. The largest absolute Gasteiger partial charge is 0.345 e. The molecule has 1 heterocycles. The Hall–Kier alpha value is -1.89. The standard InChI is InChI=1S/C20H23ClN2O3S/c1-14-5-7-16(8-6-14)15(2)22-20(24)18-13-17(9-10-19(18)21)27(25,26)23-11-3-4-12-23/h5-10,13,15H,3-4,11-12H2,1-2H3,(H,22,24)/t15-/m1/s1. The Morgan fingerprint density at radius 2 is 1.74 bits per heavy atom. The van der Waals surface area contributed by atoms with Gasteiger partial charge >= 0.3 is 0 Å². The fourth-order valence-corrected chi connectivity index (χ4v) is 4.88. The molecule has 1 fully saturated rings. The first-order valence-electron chi connectivity index (χ1n) is 8.96. The average Bonchev–Trinajstić information content (AvgIpc) is 3.18. The number of aryl methyl sites for hydroxylation is 1. The van der Waals surface area contributed by atoms with Crippen molar-refractivity contribution in [1.82, 2.24) is 9.62 Å². The van der Waals surface area contributed by atoms with Crippen LogP contribution < -0.4 is 5.32 Å². The van der Waals surface area contributed by atoms with E-state index in [-0.39, 0.29) is 21.5 Å². The fourth-order valence-electron chi connectivity index (χ4n) is 3.13. The summed E-state index contributed by atoms with van der Waals surface area (Å²) in [6, 6.07) is 11.9. The Balaban J connectivity index is 1.83. The van der Waals surface area contributed by atoms with Gasteiger partial charge in [-0.25, -0.2) is 8.42 Å². The van der Waals surface area contributed by atoms with Gasteiger partial charge in [-0.3, -0.25) is 4.79 Å². The van der Waals surface area contributed by atoms with Crippen molar-refractivity contribution < 1.29 is 13.2 Å². The molecule has 1 N–H and O–H groups in total. The van der Waals surface area contributed by atoms with Crippen molar-refractivity contribution in [2.75, 3.05) is 13.1 Å². The molecule has 0 radical (unpaired) electrons. The van der Waals surface area contributed by atoms with Gasteiger partial charge < -0.3 is 5.32 Å². The maximum absolute atomic E-state index is 12.7. The number of amides is 1. The van der Waals surface area contributed by atoms with Crippen molar-refractivity contribution in [3.05, 3.63) is 64.2 Å². The number of hydrogen-bond acceptors (Lipinski definition) is 3. The Bertz CT molecular complexity index is 936. The molecule has 1 atom stereocenters. The number of rotatable bonds is 5. The lowest BCUT2D eigenvalue weighted by atomic mass is 10.1. The van der Waals surface area contributed by atoms with Gasteiger partial charge in [0.05, 0.1) is 21.5 Å². The lowest BCUT2D eigenvalue weighted by Crippen LogP contribution is -2.29. The van der Waals surface area contributed by atoms with Gasteiger partial charge in [0.15, 0.2) is 0 Å². The molecule has 1 saturated heterocycles. The second-order valence-electron chi connectivity index (χ2n) is 6.86. The number of benzene rings is 2. The van der Waals surface area contributed by atoms with Crippen LogP contribution in [-0.4, -0.2) is 31.7 Å². The first-order valence-corrected chi connectivity index (χ1v) is 10.8. The lowest BCUT2D eigenvalue weighted by molar-refractivity contribution is 0.0940. The molecule has 5 nitrogen and oxygen atoms in total. The summed E-state index contributed by atoms with van der Waals surface area (Å²) in [5.74, 6) is -0.397. The van der Waals surface area contributed by atoms with Crippen LogP contribution in [0.25, 0.3) is 0 Å². The quantitative estimate of drug-likeness (QED) is 0.818. The molecule has 1 amide bonds. The molecular weight excluding hydrogens is 384 g/mol. The van der Waals surface area contributed by atoms with E-state index in [9.17, 15) is 13.2 Å². The van der Waals surface area contributed by atoms with E-state index in [0.717, 1.165) is 24.0 Å². The summed E-state index contributed by atoms with van der Waals surface area (Å²) in [4.78, 5) is 12.8. The predicted molar refractivity (Wildman–Crippen MR) is 107 cm³/mol. The summed E-state index contributed by atoms with van der Waals surface area (Å²) in [6.07, 6.45) is 1.71. The van der Waals surface area contributed by atoms with E-state index in [0.29, 0.717) is 13.1 Å². The van der Waals surface area contributed by atoms with Gasteiger partial charge in [0.25, 0.3) is 5.91 Å². The van der Waals surface area contributed by atoms with E-state index in [1.807, 2.05) is 38.1 Å². The molecule has 0 aromatic heterocycles. The third-order valence-electron chi connectivity index (χ3n) is 4.81. The maximum Gasteiger partial charge on any atom is 0.253 e. The van der Waals surface area contributed by atoms with Crippen LogP contribution in [0.3, 0.4) is 0 Å². The summed E-state index contributed by atoms with van der Waals surface area (Å²) < 4.78 is 26.9. The van der Waals surface area contributed by atoms with E-state index in [2.05, 4.69) is 5.32 Å². The summed E-state index contributed by atoms with van der Waals surface area (Å²) in [5, 5.41) is 3.12. The zero-order valence-electron chi connectivity index (χ0n) is 15.4. The molecule has 2 aromatic carbocycles. The molecule has 27 heavy (non-hydrogen) atoms. The maximum atomic E-state index is 12.7. The van der Waals surface area contributed by atoms with Gasteiger partial charge in [-0.05, 0) is 50.5 Å². The van der Waals surface area contributed by atoms with Crippen LogP contribution in [0, 0.1) is 6.92 Å². The molecular formula is C20H23ClN2O3S. The predicted octanol–water partition coefficient (Wildman–Crippen LogP) is 3.92. The molecule has 0 spiro atoms. The van der Waals surface area contributed by atoms with Crippen LogP contribution in [0.5, 0.6) is 0 Å². The van der Waals surface area contributed by atoms with Gasteiger partial charge in [0.2, 0.25) is 10.0 Å². The number of carbonyl (C=O) groups is 1. The second kappa shape index (κ2) is 8.00. The average molecular weight is 407 g/mol. The lowest BCUT2D eigenvalue weighted by Gasteiger charge is -2.18. The van der Waals surface area contributed by atoms with Crippen molar-refractivity contribution in [1.29, 1.82) is 0 Å². The highest BCUT2D eigenvalue weighted by atomic mass is 35.5. The number of hydrogen-bond donors (Lipinski definition) is 1. The summed E-state index contributed by atoms with van der Waals surface area (Å²) in [6.45, 7) is 4.90. The third kappa shape index (κ3) is 4.34. The molecule has 0 unspecified atom stereocenters. The number of nitrogens with zero attached hydrogens (tertiary/aromatic N) is 1. The van der Waals surface area contributed by atoms with Gasteiger partial charge in [0.1, 0.15) is 0 Å². The normalized spacial score (nSPS) is 16.3. The molecule has 144 valence electrons. The monoisotopic (exact) mass is 406 g/mol. The van der Waals surface area contributed by atoms with Gasteiger partial charge in [-0.2, -0.15) is 4.31 Å². The van der Waals surface area contributed by atoms with Gasteiger partial charge in [-0.1, -0.05) is 41.4 Å². The Labute approximate surface area is 165 Å². The molecule has 0 saturated carbocycles. The summed E-state index contributed by atoms with van der Waals surface area (Å²) in [7, 11) is -3.60. The molecule has 1 aliphatic rings. The SMILES string of the molecule is Cc1ccc([C@@H](C)NC(=O)c2cc(S(=O)(=O)N3CCCC3)ccc2Cl)cc1. The van der Waals surface area contributed by atoms with Crippen molar-refractivity contribution in [2.45, 2.75) is 37.6 Å². The Morgan fingerprint density at radius 3 is 2.37 bits per heavy atom. The van der Waals surface area contributed by atoms with Gasteiger partial charge in [0, 0.05) is 13.1 Å². The Kier molecular flexibility index (Phi) is 5.89. The smallest absolute Gasteiger partial charge is 0.253 e. The van der Waals surface area contributed by atoms with Crippen molar-refractivity contribution in [2.24, 2.45) is 0 Å². The third-order valence-corrected chi connectivity index (χ3v) is 7.03. The van der Waals surface area contributed by atoms with E-state index in [1.54, 1.807) is 0 Å². The first-order chi connectivity index (χ1) is 12.8. The molecule has 3 rings (SSSR count).